The van der Waals surface area contributed by atoms with E-state index in [-0.39, 0.29) is 24.7 Å². The number of nitrogens with one attached hydrogen (secondary N) is 2. The Morgan fingerprint density at radius 1 is 1.43 bits per heavy atom. The molecule has 0 saturated carbocycles. The van der Waals surface area contributed by atoms with Gasteiger partial charge in [0.15, 0.2) is 0 Å². The molecule has 0 bridgehead atoms. The van der Waals surface area contributed by atoms with Crippen molar-refractivity contribution in [2.75, 3.05) is 5.32 Å². The number of rotatable bonds is 5. The quantitative estimate of drug-likeness (QED) is 0.581. The van der Waals surface area contributed by atoms with Gasteiger partial charge in [-0.3, -0.25) is 14.9 Å². The fourth-order valence-corrected chi connectivity index (χ4v) is 0.802. The molecule has 8 nitrogen and oxygen atoms in total. The molecule has 0 unspecified atom stereocenters. The van der Waals surface area contributed by atoms with Gasteiger partial charge in [-0.25, -0.2) is 0 Å². The second kappa shape index (κ2) is 4.90. The van der Waals surface area contributed by atoms with E-state index in [0.717, 1.165) is 0 Å². The average molecular weight is 199 g/mol. The molecule has 1 aromatic rings. The minimum absolute atomic E-state index is 0.0281. The molecule has 3 N–H and O–H groups in total. The summed E-state index contributed by atoms with van der Waals surface area (Å²) in [5.74, 6) is -1.16. The smallest absolute Gasteiger partial charge is 0.303 e. The summed E-state index contributed by atoms with van der Waals surface area (Å²) in [5, 5.41) is 23.1. The Morgan fingerprint density at radius 2 is 2.21 bits per heavy atom. The van der Waals surface area contributed by atoms with Crippen LogP contribution < -0.4 is 5.32 Å². The molecule has 76 valence electrons. The highest BCUT2D eigenvalue weighted by Crippen LogP contribution is 1.98. The lowest BCUT2D eigenvalue weighted by Gasteiger charge is -1.97. The molecular weight excluding hydrogens is 190 g/mol. The first kappa shape index (κ1) is 10.1. The molecule has 14 heavy (non-hydrogen) atoms. The Bertz CT molecular complexity index is 309. The standard InChI is InChI=1S/C6H9N5O3/c12-4(2-1-3-5(13)14)7-6-8-10-11-9-6/h1-3H2,(H,13,14)(H2,7,8,9,10,11,12). The SMILES string of the molecule is O=C(O)CCCC(=O)Nc1nn[nH]n1. The van der Waals surface area contributed by atoms with Gasteiger partial charge in [0, 0.05) is 12.8 Å². The first-order valence-electron chi connectivity index (χ1n) is 3.93. The number of carboxylic acid groups (broad SMARTS) is 1. The van der Waals surface area contributed by atoms with Crippen LogP contribution in [0.5, 0.6) is 0 Å². The van der Waals surface area contributed by atoms with Crippen LogP contribution >= 0.6 is 0 Å². The molecule has 0 fully saturated rings. The van der Waals surface area contributed by atoms with Crippen molar-refractivity contribution in [1.29, 1.82) is 0 Å². The van der Waals surface area contributed by atoms with Crippen LogP contribution in [0, 0.1) is 0 Å². The minimum Gasteiger partial charge on any atom is -0.481 e. The minimum atomic E-state index is -0.919. The molecule has 0 aliphatic heterocycles. The van der Waals surface area contributed by atoms with Crippen molar-refractivity contribution in [1.82, 2.24) is 20.6 Å². The zero-order chi connectivity index (χ0) is 10.4. The van der Waals surface area contributed by atoms with Crippen molar-refractivity contribution in [2.45, 2.75) is 19.3 Å². The third-order valence-corrected chi connectivity index (χ3v) is 1.39. The molecule has 1 heterocycles. The number of hydrogen-bond donors (Lipinski definition) is 3. The molecule has 1 amide bonds. The van der Waals surface area contributed by atoms with Gasteiger partial charge in [-0.15, -0.1) is 5.10 Å². The highest BCUT2D eigenvalue weighted by atomic mass is 16.4. The summed E-state index contributed by atoms with van der Waals surface area (Å²) in [7, 11) is 0. The zero-order valence-electron chi connectivity index (χ0n) is 7.23. The van der Waals surface area contributed by atoms with E-state index < -0.39 is 5.97 Å². The molecule has 0 aromatic carbocycles. The monoisotopic (exact) mass is 199 g/mol. The number of aromatic nitrogens is 4. The van der Waals surface area contributed by atoms with Gasteiger partial charge in [0.2, 0.25) is 5.91 Å². The molecule has 0 atom stereocenters. The number of amides is 1. The Labute approximate surface area is 78.7 Å². The Kier molecular flexibility index (Phi) is 3.53. The van der Waals surface area contributed by atoms with E-state index >= 15 is 0 Å². The third-order valence-electron chi connectivity index (χ3n) is 1.39. The van der Waals surface area contributed by atoms with Crippen molar-refractivity contribution in [3.8, 4) is 0 Å². The fourth-order valence-electron chi connectivity index (χ4n) is 0.802. The van der Waals surface area contributed by atoms with Crippen LogP contribution in [0.2, 0.25) is 0 Å². The van der Waals surface area contributed by atoms with Gasteiger partial charge >= 0.3 is 5.97 Å². The maximum absolute atomic E-state index is 11.1. The second-order valence-electron chi connectivity index (χ2n) is 2.53. The van der Waals surface area contributed by atoms with Gasteiger partial charge in [0.25, 0.3) is 5.95 Å². The molecular formula is C6H9N5O3. The highest BCUT2D eigenvalue weighted by Gasteiger charge is 2.06. The van der Waals surface area contributed by atoms with Crippen LogP contribution in [0.25, 0.3) is 0 Å². The molecule has 0 aliphatic carbocycles. The summed E-state index contributed by atoms with van der Waals surface area (Å²) in [6, 6.07) is 0. The zero-order valence-corrected chi connectivity index (χ0v) is 7.23. The maximum atomic E-state index is 11.1. The lowest BCUT2D eigenvalue weighted by atomic mass is 10.2. The van der Waals surface area contributed by atoms with Gasteiger partial charge in [-0.2, -0.15) is 5.21 Å². The number of nitrogens with zero attached hydrogens (tertiary/aromatic N) is 3. The molecule has 1 aromatic heterocycles. The first-order chi connectivity index (χ1) is 6.68. The Hall–Kier alpha value is -1.99. The lowest BCUT2D eigenvalue weighted by Crippen LogP contribution is -2.12. The number of aliphatic carboxylic acids is 1. The summed E-state index contributed by atoms with van der Waals surface area (Å²) in [5.41, 5.74) is 0. The topological polar surface area (TPSA) is 121 Å². The average Bonchev–Trinajstić information content (AvgIpc) is 2.56. The number of H-pyrrole nitrogens is 1. The Morgan fingerprint density at radius 3 is 2.79 bits per heavy atom. The van der Waals surface area contributed by atoms with E-state index in [1.165, 1.54) is 0 Å². The van der Waals surface area contributed by atoms with Crippen LogP contribution in [0.3, 0.4) is 0 Å². The largest absolute Gasteiger partial charge is 0.481 e. The molecule has 1 rings (SSSR count). The summed E-state index contributed by atoms with van der Waals surface area (Å²) < 4.78 is 0. The molecule has 0 spiro atoms. The highest BCUT2D eigenvalue weighted by molar-refractivity contribution is 5.88. The summed E-state index contributed by atoms with van der Waals surface area (Å²) in [6.45, 7) is 0. The number of carbonyl (C=O) groups is 2. The lowest BCUT2D eigenvalue weighted by molar-refractivity contribution is -0.137. The van der Waals surface area contributed by atoms with Crippen molar-refractivity contribution in [3.05, 3.63) is 0 Å². The number of carbonyl (C=O) groups excluding carboxylic acids is 1. The molecule has 0 saturated heterocycles. The second-order valence-corrected chi connectivity index (χ2v) is 2.53. The molecule has 8 heteroatoms. The summed E-state index contributed by atoms with van der Waals surface area (Å²) >= 11 is 0. The van der Waals surface area contributed by atoms with Gasteiger partial charge in [0.05, 0.1) is 0 Å². The van der Waals surface area contributed by atoms with Gasteiger partial charge < -0.3 is 5.11 Å². The van der Waals surface area contributed by atoms with Crippen LogP contribution in [-0.4, -0.2) is 37.6 Å². The van der Waals surface area contributed by atoms with Crippen LogP contribution in [0.4, 0.5) is 5.95 Å². The number of tetrazole rings is 1. The summed E-state index contributed by atoms with van der Waals surface area (Å²) in [6.07, 6.45) is 0.388. The predicted octanol–water partition coefficient (Wildman–Crippen LogP) is -0.607. The number of aromatic amines is 1. The predicted molar refractivity (Wildman–Crippen MR) is 44.3 cm³/mol. The van der Waals surface area contributed by atoms with Crippen LogP contribution in [-0.2, 0) is 9.59 Å². The van der Waals surface area contributed by atoms with Crippen molar-refractivity contribution in [3.63, 3.8) is 0 Å². The van der Waals surface area contributed by atoms with Gasteiger partial charge in [0.1, 0.15) is 0 Å². The number of anilines is 1. The normalized spacial score (nSPS) is 9.71. The fraction of sp³-hybridized carbons (Fsp3) is 0.500. The maximum Gasteiger partial charge on any atom is 0.303 e. The Balaban J connectivity index is 2.20. The van der Waals surface area contributed by atoms with E-state index in [1.54, 1.807) is 0 Å². The first-order valence-corrected chi connectivity index (χ1v) is 3.93. The molecule has 0 aliphatic rings. The van der Waals surface area contributed by atoms with Crippen LogP contribution in [0.1, 0.15) is 19.3 Å². The van der Waals surface area contributed by atoms with Crippen molar-refractivity contribution in [2.24, 2.45) is 0 Å². The van der Waals surface area contributed by atoms with E-state index in [1.807, 2.05) is 0 Å². The van der Waals surface area contributed by atoms with E-state index in [9.17, 15) is 9.59 Å². The number of carboxylic acids is 1. The van der Waals surface area contributed by atoms with Gasteiger partial charge in [-0.1, -0.05) is 5.10 Å². The van der Waals surface area contributed by atoms with E-state index in [2.05, 4.69) is 25.9 Å². The van der Waals surface area contributed by atoms with Crippen LogP contribution in [0.15, 0.2) is 0 Å². The van der Waals surface area contributed by atoms with Crippen molar-refractivity contribution < 1.29 is 14.7 Å². The number of hydrogen-bond acceptors (Lipinski definition) is 5. The van der Waals surface area contributed by atoms with Crippen molar-refractivity contribution >= 4 is 17.8 Å². The molecule has 0 radical (unpaired) electrons. The van der Waals surface area contributed by atoms with Gasteiger partial charge in [-0.05, 0) is 11.6 Å². The van der Waals surface area contributed by atoms with E-state index in [0.29, 0.717) is 6.42 Å². The summed E-state index contributed by atoms with van der Waals surface area (Å²) in [4.78, 5) is 21.2. The third kappa shape index (κ3) is 3.61. The van der Waals surface area contributed by atoms with E-state index in [4.69, 9.17) is 5.11 Å².